The second kappa shape index (κ2) is 8.35. The fourth-order valence-corrected chi connectivity index (χ4v) is 3.23. The van der Waals surface area contributed by atoms with Crippen molar-refractivity contribution in [3.8, 4) is 0 Å². The topological polar surface area (TPSA) is 57.5 Å². The number of methoxy groups -OCH3 is 1. The largest absolute Gasteiger partial charge is 0.466 e. The molecule has 0 aliphatic rings. The summed E-state index contributed by atoms with van der Waals surface area (Å²) in [4.78, 5) is 24.3. The molecule has 1 heterocycles. The van der Waals surface area contributed by atoms with Crippen molar-refractivity contribution in [3.63, 3.8) is 0 Å². The maximum absolute atomic E-state index is 12.6. The maximum Gasteiger partial charge on any atom is 0.418 e. The molecule has 0 N–H and O–H groups in total. The third-order valence-electron chi connectivity index (χ3n) is 4.48. The van der Waals surface area contributed by atoms with Crippen LogP contribution < -0.4 is 0 Å². The molecule has 3 aromatic rings. The Kier molecular flexibility index (Phi) is 5.87. The summed E-state index contributed by atoms with van der Waals surface area (Å²) in [5, 5.41) is 0.918. The van der Waals surface area contributed by atoms with E-state index in [0.29, 0.717) is 0 Å². The van der Waals surface area contributed by atoms with Crippen LogP contribution in [0.1, 0.15) is 37.8 Å². The molecule has 0 bridgehead atoms. The minimum atomic E-state index is -0.582. The molecule has 0 fully saturated rings. The monoisotopic (exact) mass is 391 g/mol. The first kappa shape index (κ1) is 20.4. The molecule has 0 spiro atoms. The van der Waals surface area contributed by atoms with E-state index < -0.39 is 17.7 Å². The number of fused-ring (bicyclic) bond motifs is 1. The normalized spacial score (nSPS) is 12.8. The zero-order valence-electron chi connectivity index (χ0n) is 17.1. The molecule has 150 valence electrons. The molecule has 2 aromatic carbocycles. The lowest BCUT2D eigenvalue weighted by Crippen LogP contribution is -2.26. The van der Waals surface area contributed by atoms with Crippen LogP contribution in [-0.2, 0) is 14.3 Å². The number of benzene rings is 2. The van der Waals surface area contributed by atoms with Gasteiger partial charge in [-0.1, -0.05) is 48.5 Å². The molecule has 0 aliphatic heterocycles. The van der Waals surface area contributed by atoms with Crippen molar-refractivity contribution in [2.45, 2.75) is 32.3 Å². The quantitative estimate of drug-likeness (QED) is 0.448. The van der Waals surface area contributed by atoms with E-state index in [-0.39, 0.29) is 5.92 Å². The van der Waals surface area contributed by atoms with Crippen molar-refractivity contribution in [2.24, 2.45) is 0 Å². The highest BCUT2D eigenvalue weighted by molar-refractivity contribution is 5.92. The van der Waals surface area contributed by atoms with Crippen molar-refractivity contribution in [1.29, 1.82) is 0 Å². The number of carbonyl (C=O) groups is 2. The fraction of sp³-hybridized carbons (Fsp3) is 0.250. The third-order valence-corrected chi connectivity index (χ3v) is 4.48. The molecule has 29 heavy (non-hydrogen) atoms. The van der Waals surface area contributed by atoms with Gasteiger partial charge in [0.1, 0.15) is 5.60 Å². The minimum absolute atomic E-state index is 0.173. The lowest BCUT2D eigenvalue weighted by molar-refractivity contribution is -0.134. The number of esters is 1. The summed E-state index contributed by atoms with van der Waals surface area (Å²) in [5.41, 5.74) is 2.19. The highest BCUT2D eigenvalue weighted by Crippen LogP contribution is 2.32. The predicted octanol–water partition coefficient (Wildman–Crippen LogP) is 5.29. The lowest BCUT2D eigenvalue weighted by atomic mass is 9.89. The number of allylic oxidation sites excluding steroid dienone is 1. The maximum atomic E-state index is 12.6. The van der Waals surface area contributed by atoms with Gasteiger partial charge in [-0.15, -0.1) is 0 Å². The van der Waals surface area contributed by atoms with Crippen LogP contribution in [0.4, 0.5) is 4.79 Å². The molecule has 0 saturated heterocycles. The molecule has 1 atom stereocenters. The second-order valence-electron chi connectivity index (χ2n) is 7.72. The van der Waals surface area contributed by atoms with Crippen LogP contribution in [0.3, 0.4) is 0 Å². The Labute approximate surface area is 170 Å². The molecule has 0 unspecified atom stereocenters. The standard InChI is InChI=1S/C24H25NO4/c1-24(2,3)29-23(27)25-16-15-20-19(11-8-12-21(20)25)18(13-14-22(26)28-4)17-9-6-5-7-10-17/h5-16,18H,1-4H3/b14-13+/t18-/m0/s1. The van der Waals surface area contributed by atoms with Crippen molar-refractivity contribution in [3.05, 3.63) is 84.1 Å². The van der Waals surface area contributed by atoms with Crippen LogP contribution in [-0.4, -0.2) is 29.3 Å². The Morgan fingerprint density at radius 3 is 2.38 bits per heavy atom. The SMILES string of the molecule is COC(=O)/C=C/[C@@H](c1ccccc1)c1cccc2c1ccn2C(=O)OC(C)(C)C. The molecule has 5 nitrogen and oxygen atoms in total. The summed E-state index contributed by atoms with van der Waals surface area (Å²) < 4.78 is 11.8. The zero-order chi connectivity index (χ0) is 21.0. The molecule has 0 aliphatic carbocycles. The highest BCUT2D eigenvalue weighted by Gasteiger charge is 2.21. The fourth-order valence-electron chi connectivity index (χ4n) is 3.23. The first-order chi connectivity index (χ1) is 13.8. The van der Waals surface area contributed by atoms with Crippen LogP contribution in [0.2, 0.25) is 0 Å². The van der Waals surface area contributed by atoms with Gasteiger partial charge in [-0.3, -0.25) is 4.57 Å². The van der Waals surface area contributed by atoms with E-state index in [2.05, 4.69) is 0 Å². The van der Waals surface area contributed by atoms with Gasteiger partial charge >= 0.3 is 12.1 Å². The zero-order valence-corrected chi connectivity index (χ0v) is 17.1. The van der Waals surface area contributed by atoms with Crippen LogP contribution in [0.5, 0.6) is 0 Å². The van der Waals surface area contributed by atoms with Crippen molar-refractivity contribution in [1.82, 2.24) is 4.57 Å². The minimum Gasteiger partial charge on any atom is -0.466 e. The Bertz CT molecular complexity index is 1040. The second-order valence-corrected chi connectivity index (χ2v) is 7.72. The molecule has 0 radical (unpaired) electrons. The van der Waals surface area contributed by atoms with Crippen molar-refractivity contribution in [2.75, 3.05) is 7.11 Å². The van der Waals surface area contributed by atoms with Gasteiger partial charge in [0.15, 0.2) is 0 Å². The molecule has 3 rings (SSSR count). The van der Waals surface area contributed by atoms with Crippen LogP contribution in [0.25, 0.3) is 10.9 Å². The number of ether oxygens (including phenoxy) is 2. The summed E-state index contributed by atoms with van der Waals surface area (Å²) in [6, 6.07) is 17.6. The molecular weight excluding hydrogens is 366 g/mol. The van der Waals surface area contributed by atoms with Crippen molar-refractivity contribution < 1.29 is 19.1 Å². The Balaban J connectivity index is 2.09. The van der Waals surface area contributed by atoms with Crippen LogP contribution >= 0.6 is 0 Å². The van der Waals surface area contributed by atoms with E-state index in [1.54, 1.807) is 6.20 Å². The summed E-state index contributed by atoms with van der Waals surface area (Å²) in [6.07, 6.45) is 4.54. The van der Waals surface area contributed by atoms with E-state index in [4.69, 9.17) is 9.47 Å². The van der Waals surface area contributed by atoms with Gasteiger partial charge in [-0.05, 0) is 44.0 Å². The summed E-state index contributed by atoms with van der Waals surface area (Å²) >= 11 is 0. The number of hydrogen-bond donors (Lipinski definition) is 0. The first-order valence-corrected chi connectivity index (χ1v) is 9.44. The Morgan fingerprint density at radius 2 is 1.72 bits per heavy atom. The average Bonchev–Trinajstić information content (AvgIpc) is 3.12. The smallest absolute Gasteiger partial charge is 0.418 e. The van der Waals surface area contributed by atoms with Gasteiger partial charge in [0.25, 0.3) is 0 Å². The molecule has 0 saturated carbocycles. The number of rotatable bonds is 4. The summed E-state index contributed by atoms with van der Waals surface area (Å²) in [6.45, 7) is 5.52. The van der Waals surface area contributed by atoms with Crippen LogP contribution in [0.15, 0.2) is 72.9 Å². The van der Waals surface area contributed by atoms with E-state index in [1.165, 1.54) is 17.8 Å². The lowest BCUT2D eigenvalue weighted by Gasteiger charge is -2.20. The highest BCUT2D eigenvalue weighted by atomic mass is 16.6. The summed E-state index contributed by atoms with van der Waals surface area (Å²) in [5.74, 6) is -0.585. The van der Waals surface area contributed by atoms with E-state index in [9.17, 15) is 9.59 Å². The van der Waals surface area contributed by atoms with E-state index >= 15 is 0 Å². The van der Waals surface area contributed by atoms with Gasteiger partial charge in [0.05, 0.1) is 12.6 Å². The number of nitrogens with zero attached hydrogens (tertiary/aromatic N) is 1. The average molecular weight is 391 g/mol. The molecular formula is C24H25NO4. The first-order valence-electron chi connectivity index (χ1n) is 9.44. The number of carbonyl (C=O) groups excluding carboxylic acids is 2. The van der Waals surface area contributed by atoms with Gasteiger partial charge in [0, 0.05) is 23.6 Å². The summed E-state index contributed by atoms with van der Waals surface area (Å²) in [7, 11) is 1.35. The van der Waals surface area contributed by atoms with Crippen molar-refractivity contribution >= 4 is 23.0 Å². The van der Waals surface area contributed by atoms with Gasteiger partial charge in [0.2, 0.25) is 0 Å². The Morgan fingerprint density at radius 1 is 1.00 bits per heavy atom. The molecule has 5 heteroatoms. The Hall–Kier alpha value is -3.34. The predicted molar refractivity (Wildman–Crippen MR) is 113 cm³/mol. The molecule has 0 amide bonds. The van der Waals surface area contributed by atoms with E-state index in [0.717, 1.165) is 22.0 Å². The van der Waals surface area contributed by atoms with Gasteiger partial charge < -0.3 is 9.47 Å². The number of hydrogen-bond acceptors (Lipinski definition) is 4. The molecule has 1 aromatic heterocycles. The third kappa shape index (κ3) is 4.74. The van der Waals surface area contributed by atoms with Crippen LogP contribution in [0, 0.1) is 0 Å². The van der Waals surface area contributed by atoms with Gasteiger partial charge in [-0.25, -0.2) is 9.59 Å². The van der Waals surface area contributed by atoms with Gasteiger partial charge in [-0.2, -0.15) is 0 Å². The van der Waals surface area contributed by atoms with E-state index in [1.807, 2.05) is 81.4 Å². The number of aromatic nitrogens is 1.